The number of fused-ring (bicyclic) bond motifs is 2. The standard InChI is InChI=1S/C12H12FN3O3/c13-8-5-16(12(19)15-10(8)17)11(18)14-9-4-6-1-2-7(9)3-6/h1-2,5-7,9H,3-4H2,(H,14,18)(H,15,17,19). The van der Waals surface area contributed by atoms with E-state index in [0.717, 1.165) is 12.8 Å². The maximum absolute atomic E-state index is 13.1. The van der Waals surface area contributed by atoms with Gasteiger partial charge < -0.3 is 5.32 Å². The first-order valence-corrected chi connectivity index (χ1v) is 6.05. The molecule has 1 fully saturated rings. The minimum absolute atomic E-state index is 0.0376. The molecule has 1 aromatic rings. The number of halogens is 1. The highest BCUT2D eigenvalue weighted by Gasteiger charge is 2.36. The van der Waals surface area contributed by atoms with Crippen LogP contribution in [0, 0.1) is 17.7 Å². The molecule has 2 N–H and O–H groups in total. The molecule has 1 aromatic heterocycles. The summed E-state index contributed by atoms with van der Waals surface area (Å²) in [6.07, 6.45) is 6.61. The van der Waals surface area contributed by atoms with Crippen LogP contribution < -0.4 is 16.6 Å². The van der Waals surface area contributed by atoms with E-state index in [2.05, 4.69) is 17.5 Å². The summed E-state index contributed by atoms with van der Waals surface area (Å²) in [6, 6.07) is -0.754. The van der Waals surface area contributed by atoms with Crippen molar-refractivity contribution < 1.29 is 9.18 Å². The number of H-pyrrole nitrogens is 1. The van der Waals surface area contributed by atoms with E-state index in [-0.39, 0.29) is 12.0 Å². The minimum atomic E-state index is -1.16. The van der Waals surface area contributed by atoms with Gasteiger partial charge in [-0.1, -0.05) is 12.2 Å². The van der Waals surface area contributed by atoms with Crippen molar-refractivity contribution in [2.75, 3.05) is 0 Å². The number of rotatable bonds is 1. The van der Waals surface area contributed by atoms with Crippen molar-refractivity contribution in [3.05, 3.63) is 45.0 Å². The van der Waals surface area contributed by atoms with Crippen molar-refractivity contribution in [2.45, 2.75) is 18.9 Å². The molecule has 1 heterocycles. The van der Waals surface area contributed by atoms with E-state index >= 15 is 0 Å². The summed E-state index contributed by atoms with van der Waals surface area (Å²) in [5.74, 6) is -0.417. The van der Waals surface area contributed by atoms with E-state index < -0.39 is 23.1 Å². The SMILES string of the molecule is O=C(NC1CC2C=CC1C2)n1cc(F)c(=O)[nH]c1=O. The van der Waals surface area contributed by atoms with E-state index in [0.29, 0.717) is 16.7 Å². The lowest BCUT2D eigenvalue weighted by molar-refractivity contribution is 0.234. The number of allylic oxidation sites excluding steroid dienone is 1. The Balaban J connectivity index is 1.81. The zero-order valence-electron chi connectivity index (χ0n) is 9.93. The average molecular weight is 265 g/mol. The van der Waals surface area contributed by atoms with Gasteiger partial charge in [0.2, 0.25) is 5.82 Å². The summed E-state index contributed by atoms with van der Waals surface area (Å²) >= 11 is 0. The molecule has 0 saturated heterocycles. The summed E-state index contributed by atoms with van der Waals surface area (Å²) in [5.41, 5.74) is -2.07. The molecule has 3 atom stereocenters. The molecule has 100 valence electrons. The van der Waals surface area contributed by atoms with Crippen molar-refractivity contribution in [1.82, 2.24) is 14.9 Å². The van der Waals surface area contributed by atoms with Gasteiger partial charge in [-0.15, -0.1) is 0 Å². The van der Waals surface area contributed by atoms with Gasteiger partial charge in [0.1, 0.15) is 0 Å². The minimum Gasteiger partial charge on any atom is -0.334 e. The third-order valence-electron chi connectivity index (χ3n) is 3.71. The van der Waals surface area contributed by atoms with Crippen LogP contribution >= 0.6 is 0 Å². The van der Waals surface area contributed by atoms with Gasteiger partial charge in [0.15, 0.2) is 0 Å². The van der Waals surface area contributed by atoms with Crippen molar-refractivity contribution in [3.63, 3.8) is 0 Å². The fourth-order valence-electron chi connectivity index (χ4n) is 2.77. The molecule has 2 bridgehead atoms. The lowest BCUT2D eigenvalue weighted by Gasteiger charge is -2.19. The lowest BCUT2D eigenvalue weighted by atomic mass is 10.0. The summed E-state index contributed by atoms with van der Waals surface area (Å²) < 4.78 is 13.6. The van der Waals surface area contributed by atoms with Crippen molar-refractivity contribution in [1.29, 1.82) is 0 Å². The average Bonchev–Trinajstić information content (AvgIpc) is 2.95. The number of hydrogen-bond acceptors (Lipinski definition) is 3. The quantitative estimate of drug-likeness (QED) is 0.711. The number of carbonyl (C=O) groups excluding carboxylic acids is 1. The fraction of sp³-hybridized carbons (Fsp3) is 0.417. The normalized spacial score (nSPS) is 27.7. The molecule has 6 nitrogen and oxygen atoms in total. The predicted octanol–water partition coefficient (Wildman–Crippen LogP) is 0.198. The second kappa shape index (κ2) is 4.18. The van der Waals surface area contributed by atoms with Gasteiger partial charge in [-0.2, -0.15) is 4.39 Å². The van der Waals surface area contributed by atoms with Gasteiger partial charge >= 0.3 is 11.7 Å². The molecular weight excluding hydrogens is 253 g/mol. The number of carbonyl (C=O) groups is 1. The van der Waals surface area contributed by atoms with E-state index in [1.165, 1.54) is 0 Å². The molecule has 2 aliphatic rings. The number of aromatic amines is 1. The number of aromatic nitrogens is 2. The van der Waals surface area contributed by atoms with E-state index in [4.69, 9.17) is 0 Å². The topological polar surface area (TPSA) is 84.0 Å². The van der Waals surface area contributed by atoms with Crippen LogP contribution in [-0.4, -0.2) is 21.6 Å². The van der Waals surface area contributed by atoms with Crippen molar-refractivity contribution in [2.24, 2.45) is 11.8 Å². The molecule has 1 saturated carbocycles. The molecule has 1 amide bonds. The largest absolute Gasteiger partial charge is 0.336 e. The first kappa shape index (κ1) is 11.9. The Kier molecular flexibility index (Phi) is 2.62. The third-order valence-corrected chi connectivity index (χ3v) is 3.71. The number of amides is 1. The summed E-state index contributed by atoms with van der Waals surface area (Å²) in [5, 5.41) is 2.70. The zero-order chi connectivity index (χ0) is 13.6. The maximum atomic E-state index is 13.1. The summed E-state index contributed by atoms with van der Waals surface area (Å²) in [6.45, 7) is 0. The second-order valence-corrected chi connectivity index (χ2v) is 4.94. The smallest absolute Gasteiger partial charge is 0.334 e. The summed E-state index contributed by atoms with van der Waals surface area (Å²) in [7, 11) is 0. The Morgan fingerprint density at radius 3 is 2.79 bits per heavy atom. The first-order chi connectivity index (χ1) is 9.04. The molecule has 0 spiro atoms. The summed E-state index contributed by atoms with van der Waals surface area (Å²) in [4.78, 5) is 36.0. The van der Waals surface area contributed by atoms with Crippen molar-refractivity contribution >= 4 is 6.03 Å². The van der Waals surface area contributed by atoms with Gasteiger partial charge in [0.05, 0.1) is 6.20 Å². The molecule has 7 heteroatoms. The van der Waals surface area contributed by atoms with Crippen LogP contribution in [0.3, 0.4) is 0 Å². The highest BCUT2D eigenvalue weighted by Crippen LogP contribution is 2.38. The molecule has 2 aliphatic carbocycles. The molecule has 0 aliphatic heterocycles. The Bertz CT molecular complexity index is 676. The fourth-order valence-corrected chi connectivity index (χ4v) is 2.77. The predicted molar refractivity (Wildman–Crippen MR) is 64.4 cm³/mol. The van der Waals surface area contributed by atoms with Gasteiger partial charge in [0.25, 0.3) is 5.56 Å². The number of nitrogens with one attached hydrogen (secondary N) is 2. The Morgan fingerprint density at radius 2 is 2.16 bits per heavy atom. The van der Waals surface area contributed by atoms with Crippen LogP contribution in [0.4, 0.5) is 9.18 Å². The van der Waals surface area contributed by atoms with Crippen LogP contribution in [0.25, 0.3) is 0 Å². The van der Waals surface area contributed by atoms with E-state index in [1.807, 2.05) is 0 Å². The van der Waals surface area contributed by atoms with Crippen LogP contribution in [0.1, 0.15) is 12.8 Å². The van der Waals surface area contributed by atoms with Crippen LogP contribution in [0.2, 0.25) is 0 Å². The van der Waals surface area contributed by atoms with Crippen molar-refractivity contribution in [3.8, 4) is 0 Å². The molecular formula is C12H12FN3O3. The molecule has 19 heavy (non-hydrogen) atoms. The third kappa shape index (κ3) is 2.00. The maximum Gasteiger partial charge on any atom is 0.336 e. The Morgan fingerprint density at radius 1 is 1.37 bits per heavy atom. The highest BCUT2D eigenvalue weighted by molar-refractivity contribution is 5.76. The second-order valence-electron chi connectivity index (χ2n) is 4.94. The number of nitrogens with zero attached hydrogens (tertiary/aromatic N) is 1. The van der Waals surface area contributed by atoms with E-state index in [1.54, 1.807) is 4.98 Å². The Labute approximate surface area is 106 Å². The number of hydrogen-bond donors (Lipinski definition) is 2. The van der Waals surface area contributed by atoms with Gasteiger partial charge in [-0.05, 0) is 24.7 Å². The van der Waals surface area contributed by atoms with Crippen LogP contribution in [0.5, 0.6) is 0 Å². The lowest BCUT2D eigenvalue weighted by Crippen LogP contribution is -2.45. The first-order valence-electron chi connectivity index (χ1n) is 6.05. The molecule has 0 aromatic carbocycles. The highest BCUT2D eigenvalue weighted by atomic mass is 19.1. The van der Waals surface area contributed by atoms with Gasteiger partial charge in [0, 0.05) is 6.04 Å². The van der Waals surface area contributed by atoms with Crippen LogP contribution in [0.15, 0.2) is 27.9 Å². The molecule has 3 rings (SSSR count). The zero-order valence-corrected chi connectivity index (χ0v) is 9.93. The molecule has 0 radical (unpaired) electrons. The van der Waals surface area contributed by atoms with E-state index in [9.17, 15) is 18.8 Å². The van der Waals surface area contributed by atoms with Gasteiger partial charge in [-0.3, -0.25) is 9.78 Å². The molecule has 3 unspecified atom stereocenters. The Hall–Kier alpha value is -2.18. The monoisotopic (exact) mass is 265 g/mol. The van der Waals surface area contributed by atoms with Crippen LogP contribution in [-0.2, 0) is 0 Å². The van der Waals surface area contributed by atoms with Gasteiger partial charge in [-0.25, -0.2) is 14.2 Å².